The molecule has 0 aliphatic heterocycles. The second kappa shape index (κ2) is 3.10. The number of rotatable bonds is 2. The molecule has 0 unspecified atom stereocenters. The molecule has 0 fully saturated rings. The molecule has 3 heteroatoms. The Hall–Kier alpha value is -0.440. The van der Waals surface area contributed by atoms with Gasteiger partial charge in [-0.1, -0.05) is 0 Å². The standard InChI is InChI=1S/C7H12N2S/c1-6-7(5-10-3)4-9(2)8-6/h4H,5H2,1-3H3. The first-order valence-electron chi connectivity index (χ1n) is 3.22. The molecule has 0 spiro atoms. The van der Waals surface area contributed by atoms with Gasteiger partial charge in [0.15, 0.2) is 0 Å². The van der Waals surface area contributed by atoms with E-state index in [1.54, 1.807) is 0 Å². The van der Waals surface area contributed by atoms with Gasteiger partial charge in [-0.2, -0.15) is 16.9 Å². The summed E-state index contributed by atoms with van der Waals surface area (Å²) in [5.41, 5.74) is 2.49. The van der Waals surface area contributed by atoms with Gasteiger partial charge in [-0.05, 0) is 13.2 Å². The lowest BCUT2D eigenvalue weighted by Crippen LogP contribution is -1.86. The molecule has 0 atom stereocenters. The first kappa shape index (κ1) is 7.66. The van der Waals surface area contributed by atoms with Crippen molar-refractivity contribution in [3.8, 4) is 0 Å². The van der Waals surface area contributed by atoms with Crippen molar-refractivity contribution in [2.45, 2.75) is 12.7 Å². The van der Waals surface area contributed by atoms with Gasteiger partial charge in [0, 0.05) is 24.6 Å². The molecule has 0 bridgehead atoms. The van der Waals surface area contributed by atoms with E-state index in [2.05, 4.69) is 17.6 Å². The van der Waals surface area contributed by atoms with Gasteiger partial charge in [0.05, 0.1) is 5.69 Å². The van der Waals surface area contributed by atoms with E-state index in [-0.39, 0.29) is 0 Å². The Bertz CT molecular complexity index is 217. The van der Waals surface area contributed by atoms with Gasteiger partial charge >= 0.3 is 0 Å². The van der Waals surface area contributed by atoms with Crippen molar-refractivity contribution in [2.24, 2.45) is 7.05 Å². The van der Waals surface area contributed by atoms with Crippen molar-refractivity contribution in [3.05, 3.63) is 17.5 Å². The van der Waals surface area contributed by atoms with Crippen LogP contribution in [0.1, 0.15) is 11.3 Å². The summed E-state index contributed by atoms with van der Waals surface area (Å²) in [4.78, 5) is 0. The van der Waals surface area contributed by atoms with Crippen molar-refractivity contribution in [2.75, 3.05) is 6.26 Å². The first-order valence-corrected chi connectivity index (χ1v) is 4.61. The summed E-state index contributed by atoms with van der Waals surface area (Å²) < 4.78 is 1.86. The first-order chi connectivity index (χ1) is 4.74. The second-order valence-corrected chi connectivity index (χ2v) is 3.21. The third kappa shape index (κ3) is 1.53. The van der Waals surface area contributed by atoms with E-state index in [9.17, 15) is 0 Å². The van der Waals surface area contributed by atoms with E-state index in [4.69, 9.17) is 0 Å². The zero-order valence-electron chi connectivity index (χ0n) is 6.59. The molecule has 56 valence electrons. The van der Waals surface area contributed by atoms with Crippen LogP contribution in [0.3, 0.4) is 0 Å². The minimum absolute atomic E-state index is 1.07. The Labute approximate surface area is 65.6 Å². The van der Waals surface area contributed by atoms with Gasteiger partial charge in [-0.25, -0.2) is 0 Å². The van der Waals surface area contributed by atoms with Crippen LogP contribution < -0.4 is 0 Å². The average molecular weight is 156 g/mol. The summed E-state index contributed by atoms with van der Waals surface area (Å²) in [5, 5.41) is 4.23. The van der Waals surface area contributed by atoms with Crippen LogP contribution in [0.25, 0.3) is 0 Å². The maximum absolute atomic E-state index is 4.23. The van der Waals surface area contributed by atoms with E-state index < -0.39 is 0 Å². The van der Waals surface area contributed by atoms with Crippen molar-refractivity contribution < 1.29 is 0 Å². The molecular weight excluding hydrogens is 144 g/mol. The third-order valence-electron chi connectivity index (χ3n) is 1.41. The SMILES string of the molecule is CSCc1cn(C)nc1C. The predicted molar refractivity (Wildman–Crippen MR) is 45.2 cm³/mol. The average Bonchev–Trinajstić information content (AvgIpc) is 2.13. The monoisotopic (exact) mass is 156 g/mol. The van der Waals surface area contributed by atoms with Crippen LogP contribution in [-0.4, -0.2) is 16.0 Å². The highest BCUT2D eigenvalue weighted by atomic mass is 32.2. The lowest BCUT2D eigenvalue weighted by Gasteiger charge is -1.90. The van der Waals surface area contributed by atoms with E-state index in [1.807, 2.05) is 30.4 Å². The van der Waals surface area contributed by atoms with Gasteiger partial charge in [0.1, 0.15) is 0 Å². The van der Waals surface area contributed by atoms with Crippen LogP contribution in [-0.2, 0) is 12.8 Å². The van der Waals surface area contributed by atoms with E-state index in [0.29, 0.717) is 0 Å². The molecule has 0 aliphatic carbocycles. The molecule has 1 heterocycles. The maximum Gasteiger partial charge on any atom is 0.0633 e. The van der Waals surface area contributed by atoms with Crippen LogP contribution in [0, 0.1) is 6.92 Å². The lowest BCUT2D eigenvalue weighted by molar-refractivity contribution is 0.756. The topological polar surface area (TPSA) is 17.8 Å². The fourth-order valence-corrected chi connectivity index (χ4v) is 1.54. The normalized spacial score (nSPS) is 10.3. The molecule has 10 heavy (non-hydrogen) atoms. The second-order valence-electron chi connectivity index (χ2n) is 2.35. The number of nitrogens with zero attached hydrogens (tertiary/aromatic N) is 2. The van der Waals surface area contributed by atoms with Gasteiger partial charge in [0.2, 0.25) is 0 Å². The summed E-state index contributed by atoms with van der Waals surface area (Å²) in [6.07, 6.45) is 4.18. The van der Waals surface area contributed by atoms with Crippen molar-refractivity contribution in [1.82, 2.24) is 9.78 Å². The molecule has 1 aromatic heterocycles. The Morgan fingerprint density at radius 3 is 2.80 bits per heavy atom. The predicted octanol–water partition coefficient (Wildman–Crippen LogP) is 1.59. The van der Waals surface area contributed by atoms with E-state index in [0.717, 1.165) is 11.4 Å². The molecule has 1 aromatic rings. The Morgan fingerprint density at radius 2 is 2.40 bits per heavy atom. The molecule has 0 amide bonds. The third-order valence-corrected chi connectivity index (χ3v) is 2.01. The zero-order valence-corrected chi connectivity index (χ0v) is 7.40. The van der Waals surface area contributed by atoms with Crippen LogP contribution in [0.5, 0.6) is 0 Å². The quantitative estimate of drug-likeness (QED) is 0.647. The van der Waals surface area contributed by atoms with Gasteiger partial charge in [-0.3, -0.25) is 4.68 Å². The number of thioether (sulfide) groups is 1. The number of hydrogen-bond donors (Lipinski definition) is 0. The zero-order chi connectivity index (χ0) is 7.56. The molecule has 2 nitrogen and oxygen atoms in total. The molecule has 0 saturated carbocycles. The van der Waals surface area contributed by atoms with E-state index in [1.165, 1.54) is 5.56 Å². The summed E-state index contributed by atoms with van der Waals surface area (Å²) in [5.74, 6) is 1.07. The fraction of sp³-hybridized carbons (Fsp3) is 0.571. The number of aromatic nitrogens is 2. The highest BCUT2D eigenvalue weighted by Crippen LogP contribution is 2.11. The summed E-state index contributed by atoms with van der Waals surface area (Å²) in [6, 6.07) is 0. The molecular formula is C7H12N2S. The lowest BCUT2D eigenvalue weighted by atomic mass is 10.3. The van der Waals surface area contributed by atoms with Gasteiger partial charge < -0.3 is 0 Å². The van der Waals surface area contributed by atoms with Gasteiger partial charge in [-0.15, -0.1) is 0 Å². The van der Waals surface area contributed by atoms with E-state index >= 15 is 0 Å². The fourth-order valence-electron chi connectivity index (χ4n) is 0.946. The molecule has 0 saturated heterocycles. The highest BCUT2D eigenvalue weighted by molar-refractivity contribution is 7.97. The Morgan fingerprint density at radius 1 is 1.70 bits per heavy atom. The Balaban J connectivity index is 2.81. The maximum atomic E-state index is 4.23. The minimum atomic E-state index is 1.07. The number of hydrogen-bond acceptors (Lipinski definition) is 2. The molecule has 0 N–H and O–H groups in total. The van der Waals surface area contributed by atoms with Crippen LogP contribution >= 0.6 is 11.8 Å². The van der Waals surface area contributed by atoms with Crippen molar-refractivity contribution in [1.29, 1.82) is 0 Å². The number of aryl methyl sites for hydroxylation is 2. The smallest absolute Gasteiger partial charge is 0.0633 e. The largest absolute Gasteiger partial charge is 0.275 e. The van der Waals surface area contributed by atoms with Crippen molar-refractivity contribution in [3.63, 3.8) is 0 Å². The van der Waals surface area contributed by atoms with Crippen molar-refractivity contribution >= 4 is 11.8 Å². The molecule has 0 aromatic carbocycles. The molecule has 0 radical (unpaired) electrons. The molecule has 0 aliphatic rings. The van der Waals surface area contributed by atoms with Crippen LogP contribution in [0.2, 0.25) is 0 Å². The summed E-state index contributed by atoms with van der Waals surface area (Å²) in [7, 11) is 1.96. The Kier molecular flexibility index (Phi) is 2.38. The van der Waals surface area contributed by atoms with Crippen LogP contribution in [0.15, 0.2) is 6.20 Å². The minimum Gasteiger partial charge on any atom is -0.275 e. The molecule has 1 rings (SSSR count). The highest BCUT2D eigenvalue weighted by Gasteiger charge is 1.99. The summed E-state index contributed by atoms with van der Waals surface area (Å²) in [6.45, 7) is 2.05. The van der Waals surface area contributed by atoms with Gasteiger partial charge in [0.25, 0.3) is 0 Å². The van der Waals surface area contributed by atoms with Crippen LogP contribution in [0.4, 0.5) is 0 Å². The summed E-state index contributed by atoms with van der Waals surface area (Å²) >= 11 is 1.83.